The number of amides is 2. The number of halogens is 3. The first-order valence-corrected chi connectivity index (χ1v) is 13.4. The third-order valence-corrected chi connectivity index (χ3v) is 8.67. The fourth-order valence-electron chi connectivity index (χ4n) is 5.40. The summed E-state index contributed by atoms with van der Waals surface area (Å²) in [6.07, 6.45) is 4.06. The zero-order valence-electron chi connectivity index (χ0n) is 18.8. The first-order valence-electron chi connectivity index (χ1n) is 11.9. The highest BCUT2D eigenvalue weighted by atomic mass is 79.9. The summed E-state index contributed by atoms with van der Waals surface area (Å²) in [5, 5.41) is 7.38. The molecule has 0 radical (unpaired) electrons. The molecular formula is C26H28BrCl2N3O2. The molecule has 0 aromatic heterocycles. The Morgan fingerprint density at radius 2 is 1.79 bits per heavy atom. The molecule has 0 spiro atoms. The quantitative estimate of drug-likeness (QED) is 0.511. The van der Waals surface area contributed by atoms with Crippen LogP contribution in [-0.2, 0) is 21.4 Å². The molecule has 5 nitrogen and oxygen atoms in total. The Hall–Kier alpha value is -1.60. The van der Waals surface area contributed by atoms with Crippen LogP contribution in [0.3, 0.4) is 0 Å². The highest BCUT2D eigenvalue weighted by Crippen LogP contribution is 2.51. The van der Waals surface area contributed by atoms with Gasteiger partial charge < -0.3 is 15.5 Å². The maximum absolute atomic E-state index is 13.5. The van der Waals surface area contributed by atoms with Gasteiger partial charge in [-0.05, 0) is 80.1 Å². The summed E-state index contributed by atoms with van der Waals surface area (Å²) in [5.41, 5.74) is 1.07. The van der Waals surface area contributed by atoms with Crippen molar-refractivity contribution in [1.82, 2.24) is 15.5 Å². The molecule has 0 unspecified atom stereocenters. The van der Waals surface area contributed by atoms with Crippen molar-refractivity contribution >= 4 is 50.9 Å². The SMILES string of the molecule is O=C(N[C@H]1CN2CCC1CC2)[C@H](Cc1ccc(Br)cc1)NC(=O)C1(c2ccc(Cl)cc2Cl)CC1. The zero-order valence-corrected chi connectivity index (χ0v) is 21.9. The summed E-state index contributed by atoms with van der Waals surface area (Å²) in [7, 11) is 0. The standard InChI is InChI=1S/C26H28BrCl2N3O2/c27-18-3-1-16(2-4-18)13-22(24(33)30-23-15-32-11-7-17(23)8-12-32)31-25(34)26(9-10-26)20-6-5-19(28)14-21(20)29/h1-6,14,17,22-23H,7-13,15H2,(H,30,33)(H,31,34)/t22-,23-/m0/s1. The van der Waals surface area contributed by atoms with E-state index >= 15 is 0 Å². The number of hydrogen-bond donors (Lipinski definition) is 2. The number of nitrogens with one attached hydrogen (secondary N) is 2. The minimum absolute atomic E-state index is 0.118. The fourth-order valence-corrected chi connectivity index (χ4v) is 6.25. The van der Waals surface area contributed by atoms with Gasteiger partial charge in [-0.3, -0.25) is 9.59 Å². The summed E-state index contributed by atoms with van der Waals surface area (Å²) in [6.45, 7) is 3.11. The van der Waals surface area contributed by atoms with Crippen LogP contribution in [0.4, 0.5) is 0 Å². The smallest absolute Gasteiger partial charge is 0.243 e. The molecule has 4 aliphatic rings. The number of nitrogens with zero attached hydrogens (tertiary/aromatic N) is 1. The normalized spacial score (nSPS) is 25.4. The lowest BCUT2D eigenvalue weighted by atomic mass is 9.84. The Labute approximate surface area is 218 Å². The molecule has 2 atom stereocenters. The van der Waals surface area contributed by atoms with Gasteiger partial charge in [0.15, 0.2) is 0 Å². The number of carbonyl (C=O) groups is 2. The average Bonchev–Trinajstić information content (AvgIpc) is 3.62. The van der Waals surface area contributed by atoms with Crippen molar-refractivity contribution in [3.8, 4) is 0 Å². The molecule has 180 valence electrons. The zero-order chi connectivity index (χ0) is 23.9. The number of benzene rings is 2. The van der Waals surface area contributed by atoms with E-state index in [0.717, 1.165) is 48.1 Å². The van der Waals surface area contributed by atoms with E-state index < -0.39 is 11.5 Å². The number of piperidine rings is 3. The second-order valence-electron chi connectivity index (χ2n) is 9.82. The third-order valence-electron chi connectivity index (χ3n) is 7.59. The van der Waals surface area contributed by atoms with Crippen molar-refractivity contribution in [1.29, 1.82) is 0 Å². The van der Waals surface area contributed by atoms with E-state index in [2.05, 4.69) is 31.5 Å². The maximum Gasteiger partial charge on any atom is 0.243 e. The molecule has 4 fully saturated rings. The van der Waals surface area contributed by atoms with Gasteiger partial charge in [0.05, 0.1) is 5.41 Å². The Kier molecular flexibility index (Phi) is 6.95. The molecule has 3 heterocycles. The second-order valence-corrected chi connectivity index (χ2v) is 11.6. The Balaban J connectivity index is 1.35. The van der Waals surface area contributed by atoms with Gasteiger partial charge in [-0.25, -0.2) is 0 Å². The van der Waals surface area contributed by atoms with Crippen LogP contribution in [-0.4, -0.2) is 48.4 Å². The van der Waals surface area contributed by atoms with Gasteiger partial charge >= 0.3 is 0 Å². The lowest BCUT2D eigenvalue weighted by Gasteiger charge is -2.45. The van der Waals surface area contributed by atoms with Crippen molar-refractivity contribution < 1.29 is 9.59 Å². The molecule has 3 saturated heterocycles. The predicted octanol–water partition coefficient (Wildman–Crippen LogP) is 4.73. The van der Waals surface area contributed by atoms with Crippen LogP contribution in [0.25, 0.3) is 0 Å². The molecule has 2 bridgehead atoms. The second kappa shape index (κ2) is 9.81. The van der Waals surface area contributed by atoms with E-state index in [1.165, 1.54) is 0 Å². The van der Waals surface area contributed by atoms with Crippen molar-refractivity contribution in [2.24, 2.45) is 5.92 Å². The van der Waals surface area contributed by atoms with Crippen molar-refractivity contribution in [2.45, 2.75) is 49.6 Å². The van der Waals surface area contributed by atoms with E-state index in [1.807, 2.05) is 30.3 Å². The molecule has 2 N–H and O–H groups in total. The number of carbonyl (C=O) groups excluding carboxylic acids is 2. The Morgan fingerprint density at radius 3 is 2.38 bits per heavy atom. The van der Waals surface area contributed by atoms with Crippen molar-refractivity contribution in [2.75, 3.05) is 19.6 Å². The first kappa shape index (κ1) is 24.1. The topological polar surface area (TPSA) is 61.4 Å². The minimum Gasteiger partial charge on any atom is -0.350 e. The van der Waals surface area contributed by atoms with E-state index in [4.69, 9.17) is 23.2 Å². The van der Waals surface area contributed by atoms with Gasteiger partial charge in [0, 0.05) is 33.5 Å². The van der Waals surface area contributed by atoms with Gasteiger partial charge in [-0.2, -0.15) is 0 Å². The van der Waals surface area contributed by atoms with Gasteiger partial charge in [0.2, 0.25) is 11.8 Å². The summed E-state index contributed by atoms with van der Waals surface area (Å²) < 4.78 is 0.975. The van der Waals surface area contributed by atoms with Crippen LogP contribution in [0.2, 0.25) is 10.0 Å². The Morgan fingerprint density at radius 1 is 1.09 bits per heavy atom. The summed E-state index contributed by atoms with van der Waals surface area (Å²) in [5.74, 6) is 0.247. The van der Waals surface area contributed by atoms with E-state index in [0.29, 0.717) is 35.2 Å². The maximum atomic E-state index is 13.5. The number of fused-ring (bicyclic) bond motifs is 3. The lowest BCUT2D eigenvalue weighted by molar-refractivity contribution is -0.131. The lowest BCUT2D eigenvalue weighted by Crippen LogP contribution is -2.60. The monoisotopic (exact) mass is 563 g/mol. The first-order chi connectivity index (χ1) is 16.3. The molecule has 8 heteroatoms. The molecule has 2 aromatic carbocycles. The molecular weight excluding hydrogens is 537 g/mol. The summed E-state index contributed by atoms with van der Waals surface area (Å²) >= 11 is 16.0. The Bertz CT molecular complexity index is 1080. The molecule has 2 aromatic rings. The third kappa shape index (κ3) is 5.01. The van der Waals surface area contributed by atoms with Crippen LogP contribution < -0.4 is 10.6 Å². The number of hydrogen-bond acceptors (Lipinski definition) is 3. The predicted molar refractivity (Wildman–Crippen MR) is 138 cm³/mol. The number of rotatable bonds is 7. The van der Waals surface area contributed by atoms with Crippen LogP contribution in [0, 0.1) is 5.92 Å². The van der Waals surface area contributed by atoms with E-state index in [-0.39, 0.29) is 17.9 Å². The van der Waals surface area contributed by atoms with E-state index in [1.54, 1.807) is 12.1 Å². The van der Waals surface area contributed by atoms with Crippen LogP contribution in [0.5, 0.6) is 0 Å². The molecule has 34 heavy (non-hydrogen) atoms. The molecule has 1 saturated carbocycles. The average molecular weight is 565 g/mol. The summed E-state index contributed by atoms with van der Waals surface area (Å²) in [4.78, 5) is 29.4. The van der Waals surface area contributed by atoms with Crippen molar-refractivity contribution in [3.63, 3.8) is 0 Å². The van der Waals surface area contributed by atoms with Gasteiger partial charge in [-0.15, -0.1) is 0 Å². The minimum atomic E-state index is -0.699. The van der Waals surface area contributed by atoms with Crippen LogP contribution >= 0.6 is 39.1 Å². The van der Waals surface area contributed by atoms with Gasteiger partial charge in [0.1, 0.15) is 6.04 Å². The highest BCUT2D eigenvalue weighted by molar-refractivity contribution is 9.10. The molecule has 3 aliphatic heterocycles. The van der Waals surface area contributed by atoms with Crippen molar-refractivity contribution in [3.05, 3.63) is 68.1 Å². The fraction of sp³-hybridized carbons (Fsp3) is 0.462. The van der Waals surface area contributed by atoms with Gasteiger partial charge in [0.25, 0.3) is 0 Å². The summed E-state index contributed by atoms with van der Waals surface area (Å²) in [6, 6.07) is 12.6. The van der Waals surface area contributed by atoms with Crippen LogP contribution in [0.1, 0.15) is 36.8 Å². The van der Waals surface area contributed by atoms with Crippen LogP contribution in [0.15, 0.2) is 46.9 Å². The van der Waals surface area contributed by atoms with E-state index in [9.17, 15) is 9.59 Å². The van der Waals surface area contributed by atoms with Gasteiger partial charge in [-0.1, -0.05) is 57.3 Å². The largest absolute Gasteiger partial charge is 0.350 e. The molecule has 6 rings (SSSR count). The highest BCUT2D eigenvalue weighted by Gasteiger charge is 2.53. The molecule has 2 amide bonds. The molecule has 1 aliphatic carbocycles.